The summed E-state index contributed by atoms with van der Waals surface area (Å²) in [7, 11) is 3.24. The molecule has 0 saturated carbocycles. The Balaban J connectivity index is 1.63. The summed E-state index contributed by atoms with van der Waals surface area (Å²) in [4.78, 5) is 17.5. The molecule has 32 heavy (non-hydrogen) atoms. The highest BCUT2D eigenvalue weighted by Gasteiger charge is 2.26. The molecule has 0 radical (unpaired) electrons. The highest BCUT2D eigenvalue weighted by atomic mass is 16.5. The minimum Gasteiger partial charge on any atom is -0.497 e. The molecule has 0 aliphatic heterocycles. The van der Waals surface area contributed by atoms with E-state index in [0.717, 1.165) is 39.6 Å². The molecule has 0 amide bonds. The molecule has 1 N–H and O–H groups in total. The Morgan fingerprint density at radius 2 is 1.59 bits per heavy atom. The fraction of sp³-hybridized carbons (Fsp3) is 0.125. The van der Waals surface area contributed by atoms with Gasteiger partial charge in [0.25, 0.3) is 0 Å². The molecule has 2 heterocycles. The van der Waals surface area contributed by atoms with Gasteiger partial charge < -0.3 is 14.0 Å². The molecule has 160 valence electrons. The van der Waals surface area contributed by atoms with Gasteiger partial charge in [0.05, 0.1) is 25.3 Å². The third-order valence-corrected chi connectivity index (χ3v) is 5.38. The number of methoxy groups -OCH3 is 2. The predicted octanol–water partition coefficient (Wildman–Crippen LogP) is 3.33. The van der Waals surface area contributed by atoms with Crippen LogP contribution in [0.1, 0.15) is 5.69 Å². The van der Waals surface area contributed by atoms with Gasteiger partial charge in [-0.25, -0.2) is 9.78 Å². The summed E-state index contributed by atoms with van der Waals surface area (Å²) < 4.78 is 19.3. The van der Waals surface area contributed by atoms with Crippen molar-refractivity contribution in [2.45, 2.75) is 6.54 Å². The summed E-state index contributed by atoms with van der Waals surface area (Å²) in [5.74, 6) is 2.24. The number of nitrogens with zero attached hydrogens (tertiary/aromatic N) is 3. The Labute approximate surface area is 183 Å². The standard InChI is InChI=1S/C24H20N4O4/c1-30-18-11-7-16(8-12-18)23-25-20-5-3-4-6-21(20)27(23)15-22-24(29)32-26-28(22)17-9-13-19(31-2)14-10-17/h3-14H,15H2,1-2H3/p+1. The highest BCUT2D eigenvalue weighted by molar-refractivity contribution is 5.80. The summed E-state index contributed by atoms with van der Waals surface area (Å²) in [5.41, 5.74) is 3.42. The van der Waals surface area contributed by atoms with Crippen LogP contribution in [-0.4, -0.2) is 29.0 Å². The van der Waals surface area contributed by atoms with Crippen LogP contribution >= 0.6 is 0 Å². The molecule has 8 nitrogen and oxygen atoms in total. The highest BCUT2D eigenvalue weighted by Crippen LogP contribution is 2.27. The number of aromatic nitrogens is 4. The molecule has 2 aromatic heterocycles. The van der Waals surface area contributed by atoms with E-state index >= 15 is 0 Å². The third-order valence-electron chi connectivity index (χ3n) is 5.38. The Morgan fingerprint density at radius 1 is 0.938 bits per heavy atom. The van der Waals surface area contributed by atoms with Gasteiger partial charge in [-0.2, -0.15) is 0 Å². The van der Waals surface area contributed by atoms with E-state index in [4.69, 9.17) is 19.0 Å². The Bertz CT molecular complexity index is 1430. The molecule has 0 aliphatic carbocycles. The van der Waals surface area contributed by atoms with E-state index in [-0.39, 0.29) is 6.54 Å². The molecule has 3 aromatic carbocycles. The van der Waals surface area contributed by atoms with E-state index < -0.39 is 5.63 Å². The van der Waals surface area contributed by atoms with Crippen molar-refractivity contribution in [1.82, 2.24) is 14.8 Å². The molecule has 0 fully saturated rings. The predicted molar refractivity (Wildman–Crippen MR) is 118 cm³/mol. The zero-order valence-electron chi connectivity index (χ0n) is 17.6. The Kier molecular flexibility index (Phi) is 4.95. The van der Waals surface area contributed by atoms with Crippen LogP contribution < -0.4 is 19.8 Å². The van der Waals surface area contributed by atoms with Crippen molar-refractivity contribution >= 4 is 11.0 Å². The molecule has 0 saturated heterocycles. The summed E-state index contributed by atoms with van der Waals surface area (Å²) in [5, 5.41) is 2.70. The van der Waals surface area contributed by atoms with Crippen molar-refractivity contribution in [2.24, 2.45) is 0 Å². The SMILES string of the molecule is COc1ccc(-c2nc3ccccc3n2Cc2c(=O)o[nH][n+]2-c2ccc(OC)cc2)cc1. The fourth-order valence-electron chi connectivity index (χ4n) is 3.71. The Hall–Kier alpha value is -4.33. The lowest BCUT2D eigenvalue weighted by Crippen LogP contribution is -2.39. The van der Waals surface area contributed by atoms with Gasteiger partial charge in [0, 0.05) is 17.7 Å². The largest absolute Gasteiger partial charge is 0.497 e. The molecular weight excluding hydrogens is 408 g/mol. The monoisotopic (exact) mass is 429 g/mol. The number of H-pyrrole nitrogens is 1. The lowest BCUT2D eigenvalue weighted by molar-refractivity contribution is -0.677. The Morgan fingerprint density at radius 3 is 2.28 bits per heavy atom. The van der Waals surface area contributed by atoms with Gasteiger partial charge in [0.15, 0.2) is 0 Å². The topological polar surface area (TPSA) is 86.2 Å². The molecule has 0 unspecified atom stereocenters. The number of aromatic amines is 1. The van der Waals surface area contributed by atoms with Gasteiger partial charge in [0.1, 0.15) is 23.9 Å². The zero-order valence-corrected chi connectivity index (χ0v) is 17.6. The number of imidazole rings is 1. The van der Waals surface area contributed by atoms with Gasteiger partial charge >= 0.3 is 11.3 Å². The quantitative estimate of drug-likeness (QED) is 0.419. The van der Waals surface area contributed by atoms with Crippen LogP contribution in [0.2, 0.25) is 0 Å². The maximum absolute atomic E-state index is 12.6. The first-order valence-electron chi connectivity index (χ1n) is 10.0. The second-order valence-electron chi connectivity index (χ2n) is 7.20. The molecule has 0 aliphatic rings. The normalized spacial score (nSPS) is 11.1. The van der Waals surface area contributed by atoms with Crippen LogP contribution in [0, 0.1) is 0 Å². The van der Waals surface area contributed by atoms with E-state index in [9.17, 15) is 4.79 Å². The van der Waals surface area contributed by atoms with E-state index in [1.807, 2.05) is 77.4 Å². The number of hydrogen-bond acceptors (Lipinski definition) is 5. The number of ether oxygens (including phenoxy) is 2. The van der Waals surface area contributed by atoms with Crippen molar-refractivity contribution in [1.29, 1.82) is 0 Å². The third kappa shape index (κ3) is 3.41. The number of rotatable bonds is 6. The number of nitrogens with one attached hydrogen (secondary N) is 1. The zero-order chi connectivity index (χ0) is 22.1. The van der Waals surface area contributed by atoms with Crippen molar-refractivity contribution in [3.63, 3.8) is 0 Å². The lowest BCUT2D eigenvalue weighted by Gasteiger charge is -2.07. The van der Waals surface area contributed by atoms with Crippen LogP contribution in [0.25, 0.3) is 28.1 Å². The van der Waals surface area contributed by atoms with E-state index in [0.29, 0.717) is 5.69 Å². The van der Waals surface area contributed by atoms with Gasteiger partial charge in [-0.15, -0.1) is 0 Å². The summed E-state index contributed by atoms with van der Waals surface area (Å²) in [6.07, 6.45) is 0. The summed E-state index contributed by atoms with van der Waals surface area (Å²) >= 11 is 0. The lowest BCUT2D eigenvalue weighted by atomic mass is 10.2. The molecule has 8 heteroatoms. The van der Waals surface area contributed by atoms with Crippen LogP contribution in [0.3, 0.4) is 0 Å². The average Bonchev–Trinajstić information content (AvgIpc) is 3.40. The molecule has 0 atom stereocenters. The first kappa shape index (κ1) is 19.6. The van der Waals surface area contributed by atoms with E-state index in [2.05, 4.69) is 5.27 Å². The molecular formula is C24H21N4O4+. The second-order valence-corrected chi connectivity index (χ2v) is 7.20. The molecule has 0 spiro atoms. The van der Waals surface area contributed by atoms with Crippen LogP contribution in [0.15, 0.2) is 82.1 Å². The number of benzene rings is 3. The van der Waals surface area contributed by atoms with Gasteiger partial charge in [-0.3, -0.25) is 4.52 Å². The molecule has 5 rings (SSSR count). The fourth-order valence-corrected chi connectivity index (χ4v) is 3.71. The minimum absolute atomic E-state index is 0.264. The van der Waals surface area contributed by atoms with E-state index in [1.54, 1.807) is 18.9 Å². The average molecular weight is 429 g/mol. The van der Waals surface area contributed by atoms with Crippen molar-refractivity contribution < 1.29 is 18.7 Å². The number of hydrogen-bond donors (Lipinski definition) is 1. The summed E-state index contributed by atoms with van der Waals surface area (Å²) in [6, 6.07) is 22.9. The van der Waals surface area contributed by atoms with Crippen LogP contribution in [0.5, 0.6) is 11.5 Å². The van der Waals surface area contributed by atoms with Crippen molar-refractivity contribution in [3.05, 3.63) is 88.9 Å². The first-order chi connectivity index (χ1) is 15.7. The van der Waals surface area contributed by atoms with Crippen LogP contribution in [0.4, 0.5) is 0 Å². The molecule has 0 bridgehead atoms. The number of fused-ring (bicyclic) bond motifs is 1. The van der Waals surface area contributed by atoms with Gasteiger partial charge in [-0.1, -0.05) is 12.1 Å². The van der Waals surface area contributed by atoms with Gasteiger partial charge in [0.2, 0.25) is 5.69 Å². The van der Waals surface area contributed by atoms with Crippen molar-refractivity contribution in [2.75, 3.05) is 14.2 Å². The van der Waals surface area contributed by atoms with Crippen LogP contribution in [-0.2, 0) is 6.54 Å². The summed E-state index contributed by atoms with van der Waals surface area (Å²) in [6.45, 7) is 0.264. The second kappa shape index (κ2) is 8.07. The first-order valence-corrected chi connectivity index (χ1v) is 10.0. The smallest absolute Gasteiger partial charge is 0.432 e. The van der Waals surface area contributed by atoms with Gasteiger partial charge in [-0.05, 0) is 58.5 Å². The number of para-hydroxylation sites is 2. The van der Waals surface area contributed by atoms with E-state index in [1.165, 1.54) is 0 Å². The molecule has 5 aromatic rings. The maximum atomic E-state index is 12.6. The minimum atomic E-state index is -0.445. The maximum Gasteiger partial charge on any atom is 0.432 e. The van der Waals surface area contributed by atoms with Crippen molar-refractivity contribution in [3.8, 4) is 28.6 Å².